The molecule has 4 rings (SSSR count). The van der Waals surface area contributed by atoms with Crippen LogP contribution in [0, 0.1) is 5.92 Å². The third-order valence-electron chi connectivity index (χ3n) is 5.97. The molecule has 4 heteroatoms. The Hall–Kier alpha value is -1.84. The minimum absolute atomic E-state index is 0.145. The van der Waals surface area contributed by atoms with Gasteiger partial charge in [0.2, 0.25) is 5.91 Å². The highest BCUT2D eigenvalue weighted by Crippen LogP contribution is 2.58. The first-order valence-electron chi connectivity index (χ1n) is 8.27. The molecule has 2 aliphatic heterocycles. The molecule has 0 spiro atoms. The predicted octanol–water partition coefficient (Wildman–Crippen LogP) is 3.10. The second kappa shape index (κ2) is 4.83. The van der Waals surface area contributed by atoms with Crippen LogP contribution in [0.4, 0.5) is 5.69 Å². The number of rotatable bonds is 3. The topological polar surface area (TPSA) is 57.6 Å². The van der Waals surface area contributed by atoms with E-state index in [-0.39, 0.29) is 23.8 Å². The van der Waals surface area contributed by atoms with E-state index < -0.39 is 5.97 Å². The zero-order chi connectivity index (χ0) is 15.3. The molecule has 1 aliphatic carbocycles. The molecule has 1 saturated carbocycles. The maximum Gasteiger partial charge on any atom is 0.303 e. The second-order valence-corrected chi connectivity index (χ2v) is 6.97. The van der Waals surface area contributed by atoms with Crippen LogP contribution >= 0.6 is 0 Å². The number of fused-ring (bicyclic) bond motifs is 3. The Kier molecular flexibility index (Phi) is 3.03. The van der Waals surface area contributed by atoms with Gasteiger partial charge < -0.3 is 10.0 Å². The summed E-state index contributed by atoms with van der Waals surface area (Å²) in [6.07, 6.45) is 5.72. The summed E-state index contributed by atoms with van der Waals surface area (Å²) < 4.78 is 0. The third-order valence-corrected chi connectivity index (χ3v) is 5.97. The molecule has 2 heterocycles. The van der Waals surface area contributed by atoms with Gasteiger partial charge in [-0.05, 0) is 43.2 Å². The molecule has 3 aliphatic rings. The molecule has 4 nitrogen and oxygen atoms in total. The van der Waals surface area contributed by atoms with Gasteiger partial charge in [-0.25, -0.2) is 0 Å². The highest BCUT2D eigenvalue weighted by molar-refractivity contribution is 5.98. The Morgan fingerprint density at radius 3 is 2.95 bits per heavy atom. The molecule has 2 fully saturated rings. The van der Waals surface area contributed by atoms with Crippen molar-refractivity contribution in [2.45, 2.75) is 56.4 Å². The van der Waals surface area contributed by atoms with Crippen LogP contribution in [0.5, 0.6) is 0 Å². The first-order chi connectivity index (χ1) is 10.6. The van der Waals surface area contributed by atoms with Crippen molar-refractivity contribution < 1.29 is 14.7 Å². The molecule has 1 saturated heterocycles. The highest BCUT2D eigenvalue weighted by atomic mass is 16.4. The van der Waals surface area contributed by atoms with E-state index in [4.69, 9.17) is 0 Å². The lowest BCUT2D eigenvalue weighted by atomic mass is 9.60. The molecule has 1 aromatic rings. The summed E-state index contributed by atoms with van der Waals surface area (Å²) in [5.41, 5.74) is 2.10. The number of amides is 1. The van der Waals surface area contributed by atoms with Crippen molar-refractivity contribution in [3.8, 4) is 0 Å². The van der Waals surface area contributed by atoms with Crippen LogP contribution in [0.3, 0.4) is 0 Å². The second-order valence-electron chi connectivity index (χ2n) is 6.97. The number of hydrogen-bond acceptors (Lipinski definition) is 2. The SMILES string of the molecule is O=C(O)CC[C@]12CCC[C@@H]3CCC(=O)N(c4ccccc41)[C@H]32. The molecule has 0 unspecified atom stereocenters. The molecule has 116 valence electrons. The van der Waals surface area contributed by atoms with Gasteiger partial charge in [0, 0.05) is 30.0 Å². The Morgan fingerprint density at radius 1 is 1.32 bits per heavy atom. The summed E-state index contributed by atoms with van der Waals surface area (Å²) in [6, 6.07) is 8.34. The fourth-order valence-corrected chi connectivity index (χ4v) is 5.20. The third kappa shape index (κ3) is 1.76. The number of carbonyl (C=O) groups excluding carboxylic acids is 1. The van der Waals surface area contributed by atoms with Crippen molar-refractivity contribution in [1.29, 1.82) is 0 Å². The lowest BCUT2D eigenvalue weighted by Gasteiger charge is -2.49. The highest BCUT2D eigenvalue weighted by Gasteiger charge is 2.58. The summed E-state index contributed by atoms with van der Waals surface area (Å²) in [5, 5.41) is 9.18. The Morgan fingerprint density at radius 2 is 2.14 bits per heavy atom. The molecule has 3 atom stereocenters. The van der Waals surface area contributed by atoms with E-state index in [2.05, 4.69) is 6.07 Å². The van der Waals surface area contributed by atoms with Crippen molar-refractivity contribution in [2.24, 2.45) is 5.92 Å². The molecule has 0 bridgehead atoms. The molecule has 0 aromatic heterocycles. The van der Waals surface area contributed by atoms with Crippen LogP contribution < -0.4 is 4.90 Å². The quantitative estimate of drug-likeness (QED) is 0.933. The minimum Gasteiger partial charge on any atom is -0.481 e. The van der Waals surface area contributed by atoms with Crippen LogP contribution in [-0.4, -0.2) is 23.0 Å². The molecule has 1 N–H and O–H groups in total. The summed E-state index contributed by atoms with van der Waals surface area (Å²) >= 11 is 0. The number of nitrogens with zero attached hydrogens (tertiary/aromatic N) is 1. The normalized spacial score (nSPS) is 32.5. The minimum atomic E-state index is -0.741. The molecular weight excluding hydrogens is 278 g/mol. The van der Waals surface area contributed by atoms with Gasteiger partial charge in [0.25, 0.3) is 0 Å². The van der Waals surface area contributed by atoms with Gasteiger partial charge in [0.1, 0.15) is 0 Å². The molecule has 22 heavy (non-hydrogen) atoms. The number of carboxylic acid groups (broad SMARTS) is 1. The Labute approximate surface area is 130 Å². The number of para-hydroxylation sites is 1. The number of anilines is 1. The van der Waals surface area contributed by atoms with Crippen molar-refractivity contribution in [2.75, 3.05) is 4.90 Å². The van der Waals surface area contributed by atoms with Gasteiger partial charge >= 0.3 is 5.97 Å². The monoisotopic (exact) mass is 299 g/mol. The van der Waals surface area contributed by atoms with Crippen molar-refractivity contribution in [3.63, 3.8) is 0 Å². The first-order valence-corrected chi connectivity index (χ1v) is 8.27. The maximum absolute atomic E-state index is 12.6. The molecule has 1 aromatic carbocycles. The number of benzene rings is 1. The van der Waals surface area contributed by atoms with Crippen molar-refractivity contribution in [1.82, 2.24) is 0 Å². The average molecular weight is 299 g/mol. The van der Waals surface area contributed by atoms with Crippen molar-refractivity contribution >= 4 is 17.6 Å². The number of aliphatic carboxylic acids is 1. The van der Waals surface area contributed by atoms with Crippen molar-refractivity contribution in [3.05, 3.63) is 29.8 Å². The van der Waals surface area contributed by atoms with E-state index in [1.165, 1.54) is 5.56 Å². The van der Waals surface area contributed by atoms with Crippen LogP contribution in [0.1, 0.15) is 50.5 Å². The fourth-order valence-electron chi connectivity index (χ4n) is 5.20. The zero-order valence-electron chi connectivity index (χ0n) is 12.6. The summed E-state index contributed by atoms with van der Waals surface area (Å²) in [6.45, 7) is 0. The standard InChI is InChI=1S/C18H21NO3/c20-15-8-7-12-4-3-10-18(11-9-16(21)22)13-5-1-2-6-14(13)19(15)17(12)18/h1-2,5-6,12,17H,3-4,7-11H2,(H,21,22)/t12-,17-,18-/m1/s1. The van der Waals surface area contributed by atoms with E-state index in [0.29, 0.717) is 18.8 Å². The number of piperidine rings is 1. The zero-order valence-corrected chi connectivity index (χ0v) is 12.6. The Bertz CT molecular complexity index is 641. The van der Waals surface area contributed by atoms with Gasteiger partial charge in [-0.15, -0.1) is 0 Å². The Balaban J connectivity index is 1.86. The molecular formula is C18H21NO3. The first kappa shape index (κ1) is 13.8. The maximum atomic E-state index is 12.6. The lowest BCUT2D eigenvalue weighted by molar-refractivity contribution is -0.137. The van der Waals surface area contributed by atoms with Crippen LogP contribution in [-0.2, 0) is 15.0 Å². The predicted molar refractivity (Wildman–Crippen MR) is 82.8 cm³/mol. The van der Waals surface area contributed by atoms with Crippen LogP contribution in [0.25, 0.3) is 0 Å². The van der Waals surface area contributed by atoms with Gasteiger partial charge in [0.15, 0.2) is 0 Å². The number of hydrogen-bond donors (Lipinski definition) is 1. The van der Waals surface area contributed by atoms with Crippen LogP contribution in [0.2, 0.25) is 0 Å². The van der Waals surface area contributed by atoms with E-state index in [9.17, 15) is 14.7 Å². The van der Waals surface area contributed by atoms with E-state index in [1.807, 2.05) is 23.1 Å². The average Bonchev–Trinajstić information content (AvgIpc) is 2.82. The van der Waals surface area contributed by atoms with Gasteiger partial charge in [-0.3, -0.25) is 9.59 Å². The van der Waals surface area contributed by atoms with E-state index in [1.54, 1.807) is 0 Å². The van der Waals surface area contributed by atoms with Crippen LogP contribution in [0.15, 0.2) is 24.3 Å². The fraction of sp³-hybridized carbons (Fsp3) is 0.556. The van der Waals surface area contributed by atoms with Gasteiger partial charge in [-0.1, -0.05) is 24.6 Å². The summed E-state index contributed by atoms with van der Waals surface area (Å²) in [4.78, 5) is 25.7. The lowest BCUT2D eigenvalue weighted by Crippen LogP contribution is -2.56. The molecule has 0 radical (unpaired) electrons. The summed E-state index contributed by atoms with van der Waals surface area (Å²) in [5.74, 6) is -0.00462. The smallest absolute Gasteiger partial charge is 0.303 e. The van der Waals surface area contributed by atoms with E-state index in [0.717, 1.165) is 31.4 Å². The largest absolute Gasteiger partial charge is 0.481 e. The molecule has 1 amide bonds. The van der Waals surface area contributed by atoms with Gasteiger partial charge in [0.05, 0.1) is 0 Å². The number of carbonyl (C=O) groups is 2. The number of carboxylic acids is 1. The van der Waals surface area contributed by atoms with Gasteiger partial charge in [-0.2, -0.15) is 0 Å². The summed E-state index contributed by atoms with van der Waals surface area (Å²) in [7, 11) is 0. The van der Waals surface area contributed by atoms with E-state index >= 15 is 0 Å².